The number of thiophene rings is 2. The van der Waals surface area contributed by atoms with Gasteiger partial charge < -0.3 is 5.32 Å². The summed E-state index contributed by atoms with van der Waals surface area (Å²) in [6.07, 6.45) is 5.24. The Morgan fingerprint density at radius 2 is 1.89 bits per heavy atom. The van der Waals surface area contributed by atoms with E-state index < -0.39 is 0 Å². The van der Waals surface area contributed by atoms with Gasteiger partial charge in [-0.2, -0.15) is 0 Å². The molecule has 4 heteroatoms. The van der Waals surface area contributed by atoms with E-state index in [-0.39, 0.29) is 0 Å². The molecule has 0 atom stereocenters. The molecule has 0 radical (unpaired) electrons. The Balaban J connectivity index is 1.93. The summed E-state index contributed by atoms with van der Waals surface area (Å²) in [4.78, 5) is 2.75. The first-order valence-electron chi connectivity index (χ1n) is 5.73. The second-order valence-corrected chi connectivity index (χ2v) is 6.74. The van der Waals surface area contributed by atoms with E-state index in [4.69, 9.17) is 6.42 Å². The summed E-state index contributed by atoms with van der Waals surface area (Å²) in [5, 5.41) is 7.87. The Kier molecular flexibility index (Phi) is 5.82. The van der Waals surface area contributed by atoms with Crippen molar-refractivity contribution in [2.75, 3.05) is 18.1 Å². The topological polar surface area (TPSA) is 12.0 Å². The molecule has 0 spiro atoms. The molecule has 2 heterocycles. The van der Waals surface area contributed by atoms with Gasteiger partial charge in [-0.05, 0) is 22.9 Å². The van der Waals surface area contributed by atoms with Gasteiger partial charge in [0.2, 0.25) is 0 Å². The number of thioether (sulfide) groups is 1. The Labute approximate surface area is 121 Å². The minimum Gasteiger partial charge on any atom is -0.304 e. The van der Waals surface area contributed by atoms with E-state index >= 15 is 0 Å². The van der Waals surface area contributed by atoms with E-state index in [0.717, 1.165) is 18.1 Å². The number of rotatable bonds is 7. The molecule has 94 valence electrons. The van der Waals surface area contributed by atoms with E-state index in [9.17, 15) is 0 Å². The molecule has 2 rings (SSSR count). The zero-order valence-corrected chi connectivity index (χ0v) is 12.4. The van der Waals surface area contributed by atoms with Crippen molar-refractivity contribution in [3.8, 4) is 12.3 Å². The van der Waals surface area contributed by atoms with Gasteiger partial charge in [0.05, 0.1) is 11.8 Å². The highest BCUT2D eigenvalue weighted by molar-refractivity contribution is 7.99. The minimum absolute atomic E-state index is 0.330. The van der Waals surface area contributed by atoms with Gasteiger partial charge in [0.15, 0.2) is 0 Å². The predicted octanol–water partition coefficient (Wildman–Crippen LogP) is 3.86. The fourth-order valence-electron chi connectivity index (χ4n) is 1.66. The monoisotopic (exact) mass is 293 g/mol. The Morgan fingerprint density at radius 1 is 1.22 bits per heavy atom. The van der Waals surface area contributed by atoms with Crippen LogP contribution in [0.25, 0.3) is 0 Å². The smallest absolute Gasteiger partial charge is 0.0765 e. The molecule has 1 N–H and O–H groups in total. The molecule has 0 fully saturated rings. The highest BCUT2D eigenvalue weighted by Crippen LogP contribution is 2.28. The molecule has 2 aromatic heterocycles. The van der Waals surface area contributed by atoms with Gasteiger partial charge in [-0.15, -0.1) is 40.9 Å². The third-order valence-corrected chi connectivity index (χ3v) is 5.17. The lowest BCUT2D eigenvalue weighted by Gasteiger charge is -2.15. The van der Waals surface area contributed by atoms with Gasteiger partial charge in [-0.25, -0.2) is 0 Å². The summed E-state index contributed by atoms with van der Waals surface area (Å²) in [7, 11) is 0. The van der Waals surface area contributed by atoms with E-state index in [2.05, 4.69) is 46.3 Å². The van der Waals surface area contributed by atoms with Crippen molar-refractivity contribution in [1.29, 1.82) is 0 Å². The van der Waals surface area contributed by atoms with E-state index in [0.29, 0.717) is 6.04 Å². The quantitative estimate of drug-likeness (QED) is 0.614. The van der Waals surface area contributed by atoms with Crippen molar-refractivity contribution in [2.45, 2.75) is 6.04 Å². The largest absolute Gasteiger partial charge is 0.304 e. The van der Waals surface area contributed by atoms with Crippen LogP contribution >= 0.6 is 34.4 Å². The highest BCUT2D eigenvalue weighted by Gasteiger charge is 2.14. The summed E-state index contributed by atoms with van der Waals surface area (Å²) in [6.45, 7) is 0.979. The van der Waals surface area contributed by atoms with Crippen molar-refractivity contribution in [2.24, 2.45) is 0 Å². The van der Waals surface area contributed by atoms with Crippen LogP contribution in [-0.2, 0) is 0 Å². The molecule has 18 heavy (non-hydrogen) atoms. The summed E-state index contributed by atoms with van der Waals surface area (Å²) >= 11 is 5.40. The van der Waals surface area contributed by atoms with E-state index in [1.807, 2.05) is 0 Å². The standard InChI is InChI=1S/C14H15NS3/c1-2-8-16-11-7-15-14(12-5-3-9-17-12)13-6-4-10-18-13/h1,3-6,9-10,14-15H,7-8,11H2. The van der Waals surface area contributed by atoms with Crippen LogP contribution in [0.3, 0.4) is 0 Å². The molecule has 0 aliphatic heterocycles. The minimum atomic E-state index is 0.330. The number of hydrogen-bond acceptors (Lipinski definition) is 4. The number of terminal acetylenes is 1. The van der Waals surface area contributed by atoms with Crippen LogP contribution in [0, 0.1) is 12.3 Å². The molecule has 0 aliphatic rings. The lowest BCUT2D eigenvalue weighted by atomic mass is 10.2. The molecule has 0 saturated carbocycles. The Hall–Kier alpha value is -0.730. The zero-order chi connectivity index (χ0) is 12.6. The molecule has 0 saturated heterocycles. The molecule has 1 nitrogen and oxygen atoms in total. The Morgan fingerprint density at radius 3 is 2.39 bits per heavy atom. The molecule has 0 bridgehead atoms. The first-order chi connectivity index (χ1) is 8.92. The summed E-state index contributed by atoms with van der Waals surface area (Å²) in [5.41, 5.74) is 0. The lowest BCUT2D eigenvalue weighted by Crippen LogP contribution is -2.23. The van der Waals surface area contributed by atoms with Crippen LogP contribution in [-0.4, -0.2) is 18.1 Å². The van der Waals surface area contributed by atoms with Gasteiger partial charge in [0.25, 0.3) is 0 Å². The van der Waals surface area contributed by atoms with E-state index in [1.54, 1.807) is 34.4 Å². The van der Waals surface area contributed by atoms with Crippen molar-refractivity contribution in [3.05, 3.63) is 44.8 Å². The van der Waals surface area contributed by atoms with Gasteiger partial charge in [0.1, 0.15) is 0 Å². The molecule has 0 aliphatic carbocycles. The first-order valence-corrected chi connectivity index (χ1v) is 8.64. The number of hydrogen-bond donors (Lipinski definition) is 1. The van der Waals surface area contributed by atoms with Gasteiger partial charge in [0, 0.05) is 22.1 Å². The maximum Gasteiger partial charge on any atom is 0.0765 e. The molecular weight excluding hydrogens is 278 g/mol. The van der Waals surface area contributed by atoms with Crippen molar-refractivity contribution < 1.29 is 0 Å². The fraction of sp³-hybridized carbons (Fsp3) is 0.286. The predicted molar refractivity (Wildman–Crippen MR) is 84.6 cm³/mol. The van der Waals surface area contributed by atoms with Crippen LogP contribution in [0.4, 0.5) is 0 Å². The van der Waals surface area contributed by atoms with Crippen molar-refractivity contribution in [1.82, 2.24) is 5.32 Å². The third-order valence-electron chi connectivity index (χ3n) is 2.44. The molecule has 0 aromatic carbocycles. The zero-order valence-electron chi connectivity index (χ0n) is 9.96. The molecule has 0 amide bonds. The van der Waals surface area contributed by atoms with Crippen molar-refractivity contribution in [3.63, 3.8) is 0 Å². The van der Waals surface area contributed by atoms with Crippen LogP contribution in [0.2, 0.25) is 0 Å². The summed E-state index contributed by atoms with van der Waals surface area (Å²) < 4.78 is 0. The average Bonchev–Trinajstić information content (AvgIpc) is 3.06. The van der Waals surface area contributed by atoms with Crippen LogP contribution in [0.5, 0.6) is 0 Å². The number of nitrogens with one attached hydrogen (secondary N) is 1. The second-order valence-electron chi connectivity index (χ2n) is 3.67. The van der Waals surface area contributed by atoms with Crippen LogP contribution in [0.15, 0.2) is 35.0 Å². The van der Waals surface area contributed by atoms with Gasteiger partial charge in [-0.3, -0.25) is 0 Å². The summed E-state index contributed by atoms with van der Waals surface area (Å²) in [5.74, 6) is 4.50. The van der Waals surface area contributed by atoms with Crippen LogP contribution < -0.4 is 5.32 Å². The lowest BCUT2D eigenvalue weighted by molar-refractivity contribution is 0.653. The second kappa shape index (κ2) is 7.65. The van der Waals surface area contributed by atoms with Gasteiger partial charge in [-0.1, -0.05) is 18.1 Å². The molecule has 2 aromatic rings. The average molecular weight is 293 g/mol. The molecule has 0 unspecified atom stereocenters. The normalized spacial score (nSPS) is 10.7. The third kappa shape index (κ3) is 3.89. The SMILES string of the molecule is C#CCSCCNC(c1cccs1)c1cccs1. The van der Waals surface area contributed by atoms with Gasteiger partial charge >= 0.3 is 0 Å². The fourth-order valence-corrected chi connectivity index (χ4v) is 3.89. The highest BCUT2D eigenvalue weighted by atomic mass is 32.2. The first kappa shape index (κ1) is 13.7. The van der Waals surface area contributed by atoms with Crippen LogP contribution in [0.1, 0.15) is 15.8 Å². The Bertz CT molecular complexity index is 433. The summed E-state index contributed by atoms with van der Waals surface area (Å²) in [6, 6.07) is 8.93. The molecular formula is C14H15NS3. The van der Waals surface area contributed by atoms with Crippen molar-refractivity contribution >= 4 is 34.4 Å². The maximum absolute atomic E-state index is 5.24. The maximum atomic E-state index is 5.24. The van der Waals surface area contributed by atoms with E-state index in [1.165, 1.54) is 9.75 Å².